The number of nitrogens with zero attached hydrogens (tertiary/aromatic N) is 1. The summed E-state index contributed by atoms with van der Waals surface area (Å²) in [6.45, 7) is 5.03. The molecule has 2 aromatic rings. The predicted molar refractivity (Wildman–Crippen MR) is 77.0 cm³/mol. The Kier molecular flexibility index (Phi) is 4.39. The Morgan fingerprint density at radius 2 is 1.94 bits per heavy atom. The van der Waals surface area contributed by atoms with Gasteiger partial charge < -0.3 is 5.32 Å². The van der Waals surface area contributed by atoms with Crippen molar-refractivity contribution in [1.29, 1.82) is 0 Å². The fourth-order valence-electron chi connectivity index (χ4n) is 1.91. The van der Waals surface area contributed by atoms with Crippen LogP contribution < -0.4 is 5.32 Å². The topological polar surface area (TPSA) is 24.9 Å². The normalized spacial score (nSPS) is 10.6. The zero-order valence-corrected chi connectivity index (χ0v) is 11.8. The van der Waals surface area contributed by atoms with Gasteiger partial charge in [0.1, 0.15) is 5.03 Å². The number of nitrogens with one attached hydrogen (secondary N) is 1. The van der Waals surface area contributed by atoms with E-state index >= 15 is 0 Å². The monoisotopic (exact) mass is 258 g/mol. The van der Waals surface area contributed by atoms with E-state index in [1.165, 1.54) is 16.0 Å². The first-order valence-electron chi connectivity index (χ1n) is 6.04. The van der Waals surface area contributed by atoms with Crippen LogP contribution in [0.2, 0.25) is 0 Å². The second-order valence-corrected chi connectivity index (χ2v) is 5.43. The summed E-state index contributed by atoms with van der Waals surface area (Å²) in [6, 6.07) is 12.7. The maximum absolute atomic E-state index is 4.57. The second-order valence-electron chi connectivity index (χ2n) is 4.36. The van der Waals surface area contributed by atoms with E-state index < -0.39 is 0 Å². The zero-order chi connectivity index (χ0) is 13.0. The first-order chi connectivity index (χ1) is 8.69. The summed E-state index contributed by atoms with van der Waals surface area (Å²) in [5.41, 5.74) is 3.64. The molecule has 2 nitrogen and oxygen atoms in total. The van der Waals surface area contributed by atoms with E-state index in [-0.39, 0.29) is 0 Å². The van der Waals surface area contributed by atoms with Gasteiger partial charge in [0, 0.05) is 17.1 Å². The maximum Gasteiger partial charge on any atom is 0.101 e. The standard InChI is InChI=1S/C15H18N2S/c1-11-8-12(2)17-15(9-11)18-14-7-5-4-6-13(14)10-16-3/h4-9,16H,10H2,1-3H3. The highest BCUT2D eigenvalue weighted by Crippen LogP contribution is 2.29. The Bertz CT molecular complexity index is 518. The second kappa shape index (κ2) is 6.03. The first-order valence-corrected chi connectivity index (χ1v) is 6.86. The lowest BCUT2D eigenvalue weighted by atomic mass is 10.2. The third kappa shape index (κ3) is 3.34. The molecule has 0 fully saturated rings. The molecule has 0 bridgehead atoms. The van der Waals surface area contributed by atoms with E-state index in [1.807, 2.05) is 14.0 Å². The molecule has 18 heavy (non-hydrogen) atoms. The first kappa shape index (κ1) is 13.1. The molecule has 1 aromatic heterocycles. The van der Waals surface area contributed by atoms with Gasteiger partial charge in [-0.1, -0.05) is 30.0 Å². The summed E-state index contributed by atoms with van der Waals surface area (Å²) >= 11 is 1.73. The molecule has 0 radical (unpaired) electrons. The number of aryl methyl sites for hydroxylation is 2. The molecule has 1 aromatic carbocycles. The van der Waals surface area contributed by atoms with Gasteiger partial charge in [0.25, 0.3) is 0 Å². The molecule has 0 aliphatic rings. The largest absolute Gasteiger partial charge is 0.316 e. The number of hydrogen-bond donors (Lipinski definition) is 1. The molecule has 0 saturated heterocycles. The highest BCUT2D eigenvalue weighted by Gasteiger charge is 2.05. The van der Waals surface area contributed by atoms with E-state index in [4.69, 9.17) is 0 Å². The lowest BCUT2D eigenvalue weighted by molar-refractivity contribution is 0.803. The van der Waals surface area contributed by atoms with Gasteiger partial charge in [0.15, 0.2) is 0 Å². The van der Waals surface area contributed by atoms with E-state index in [2.05, 4.69) is 53.6 Å². The molecule has 3 heteroatoms. The molecule has 2 rings (SSSR count). The fraction of sp³-hybridized carbons (Fsp3) is 0.267. The Morgan fingerprint density at radius 3 is 2.67 bits per heavy atom. The molecule has 0 aliphatic heterocycles. The number of aromatic nitrogens is 1. The molecule has 1 heterocycles. The highest BCUT2D eigenvalue weighted by molar-refractivity contribution is 7.99. The smallest absolute Gasteiger partial charge is 0.101 e. The van der Waals surface area contributed by atoms with Gasteiger partial charge in [0.05, 0.1) is 0 Å². The van der Waals surface area contributed by atoms with E-state index in [0.717, 1.165) is 17.3 Å². The summed E-state index contributed by atoms with van der Waals surface area (Å²) in [5, 5.41) is 4.26. The lowest BCUT2D eigenvalue weighted by Gasteiger charge is -2.09. The minimum Gasteiger partial charge on any atom is -0.316 e. The van der Waals surface area contributed by atoms with Gasteiger partial charge >= 0.3 is 0 Å². The molecule has 0 amide bonds. The van der Waals surface area contributed by atoms with Gasteiger partial charge in [-0.05, 0) is 50.2 Å². The lowest BCUT2D eigenvalue weighted by Crippen LogP contribution is -2.05. The van der Waals surface area contributed by atoms with Crippen molar-refractivity contribution in [3.63, 3.8) is 0 Å². The predicted octanol–water partition coefficient (Wildman–Crippen LogP) is 3.57. The summed E-state index contributed by atoms with van der Waals surface area (Å²) in [4.78, 5) is 5.84. The molecule has 0 aliphatic carbocycles. The van der Waals surface area contributed by atoms with Crippen molar-refractivity contribution in [3.8, 4) is 0 Å². The van der Waals surface area contributed by atoms with Crippen LogP contribution in [-0.4, -0.2) is 12.0 Å². The van der Waals surface area contributed by atoms with Crippen LogP contribution in [0.5, 0.6) is 0 Å². The number of rotatable bonds is 4. The third-order valence-electron chi connectivity index (χ3n) is 2.63. The van der Waals surface area contributed by atoms with Crippen LogP contribution in [0.15, 0.2) is 46.3 Å². The Balaban J connectivity index is 2.27. The van der Waals surface area contributed by atoms with Crippen molar-refractivity contribution in [2.75, 3.05) is 7.05 Å². The van der Waals surface area contributed by atoms with E-state index in [1.54, 1.807) is 11.8 Å². The molecule has 0 unspecified atom stereocenters. The van der Waals surface area contributed by atoms with Crippen LogP contribution in [0.25, 0.3) is 0 Å². The highest BCUT2D eigenvalue weighted by atomic mass is 32.2. The van der Waals surface area contributed by atoms with Gasteiger partial charge in [-0.3, -0.25) is 0 Å². The molecular formula is C15H18N2S. The van der Waals surface area contributed by atoms with Gasteiger partial charge in [0.2, 0.25) is 0 Å². The SMILES string of the molecule is CNCc1ccccc1Sc1cc(C)cc(C)n1. The summed E-state index contributed by atoms with van der Waals surface area (Å²) in [5.74, 6) is 0. The third-order valence-corrected chi connectivity index (χ3v) is 3.67. The van der Waals surface area contributed by atoms with Crippen LogP contribution in [0, 0.1) is 13.8 Å². The van der Waals surface area contributed by atoms with Gasteiger partial charge in [-0.15, -0.1) is 0 Å². The molecule has 0 saturated carbocycles. The van der Waals surface area contributed by atoms with Crippen molar-refractivity contribution < 1.29 is 0 Å². The molecule has 0 spiro atoms. The number of pyridine rings is 1. The summed E-state index contributed by atoms with van der Waals surface area (Å²) in [6.07, 6.45) is 0. The Labute approximate surface area is 113 Å². The van der Waals surface area contributed by atoms with Gasteiger partial charge in [-0.25, -0.2) is 4.98 Å². The number of hydrogen-bond acceptors (Lipinski definition) is 3. The minimum absolute atomic E-state index is 0.883. The summed E-state index contributed by atoms with van der Waals surface area (Å²) < 4.78 is 0. The fourth-order valence-corrected chi connectivity index (χ4v) is 2.99. The van der Waals surface area contributed by atoms with Crippen LogP contribution in [0.4, 0.5) is 0 Å². The average Bonchev–Trinajstić information content (AvgIpc) is 2.30. The molecular weight excluding hydrogens is 240 g/mol. The maximum atomic E-state index is 4.57. The molecule has 1 N–H and O–H groups in total. The molecule has 94 valence electrons. The van der Waals surface area contributed by atoms with Crippen molar-refractivity contribution in [3.05, 3.63) is 53.2 Å². The van der Waals surface area contributed by atoms with Crippen molar-refractivity contribution in [1.82, 2.24) is 10.3 Å². The molecule has 0 atom stereocenters. The number of benzene rings is 1. The van der Waals surface area contributed by atoms with E-state index in [9.17, 15) is 0 Å². The zero-order valence-electron chi connectivity index (χ0n) is 11.0. The minimum atomic E-state index is 0.883. The van der Waals surface area contributed by atoms with Crippen molar-refractivity contribution in [2.45, 2.75) is 30.3 Å². The van der Waals surface area contributed by atoms with Crippen LogP contribution in [0.3, 0.4) is 0 Å². The quantitative estimate of drug-likeness (QED) is 0.907. The van der Waals surface area contributed by atoms with Crippen LogP contribution in [-0.2, 0) is 6.54 Å². The van der Waals surface area contributed by atoms with Crippen molar-refractivity contribution in [2.24, 2.45) is 0 Å². The average molecular weight is 258 g/mol. The Morgan fingerprint density at radius 1 is 1.17 bits per heavy atom. The Hall–Kier alpha value is -1.32. The van der Waals surface area contributed by atoms with E-state index in [0.29, 0.717) is 0 Å². The summed E-state index contributed by atoms with van der Waals surface area (Å²) in [7, 11) is 1.97. The van der Waals surface area contributed by atoms with Crippen LogP contribution in [0.1, 0.15) is 16.8 Å². The van der Waals surface area contributed by atoms with Crippen LogP contribution >= 0.6 is 11.8 Å². The van der Waals surface area contributed by atoms with Gasteiger partial charge in [-0.2, -0.15) is 0 Å². The van der Waals surface area contributed by atoms with Crippen molar-refractivity contribution >= 4 is 11.8 Å².